The summed E-state index contributed by atoms with van der Waals surface area (Å²) < 4.78 is 45.7. The average molecular weight is 431 g/mol. The number of ether oxygens (including phenoxy) is 1. The Morgan fingerprint density at radius 1 is 1.19 bits per heavy atom. The fourth-order valence-corrected chi connectivity index (χ4v) is 3.19. The molecule has 0 saturated heterocycles. The minimum Gasteiger partial charge on any atom is -0.497 e. The summed E-state index contributed by atoms with van der Waals surface area (Å²) in [4.78, 5) is 28.9. The van der Waals surface area contributed by atoms with Crippen LogP contribution in [0.2, 0.25) is 0 Å². The summed E-state index contributed by atoms with van der Waals surface area (Å²) in [6.45, 7) is 0. The maximum atomic E-state index is 13.1. The predicted octanol–water partition coefficient (Wildman–Crippen LogP) is 3.49. The van der Waals surface area contributed by atoms with Crippen LogP contribution in [-0.2, 0) is 15.8 Å². The van der Waals surface area contributed by atoms with Crippen molar-refractivity contribution in [3.63, 3.8) is 0 Å². The minimum atomic E-state index is -4.62. The smallest absolute Gasteiger partial charge is 0.418 e. The van der Waals surface area contributed by atoms with E-state index in [4.69, 9.17) is 4.74 Å². The second-order valence-electron chi connectivity index (χ2n) is 6.73. The fourth-order valence-electron chi connectivity index (χ4n) is 3.19. The molecule has 0 saturated carbocycles. The van der Waals surface area contributed by atoms with E-state index in [1.807, 2.05) is 0 Å². The van der Waals surface area contributed by atoms with Gasteiger partial charge in [-0.2, -0.15) is 18.2 Å². The van der Waals surface area contributed by atoms with Crippen LogP contribution in [0.3, 0.4) is 0 Å². The van der Waals surface area contributed by atoms with Crippen LogP contribution < -0.4 is 15.4 Å². The molecule has 31 heavy (non-hydrogen) atoms. The van der Waals surface area contributed by atoms with E-state index in [-0.39, 0.29) is 11.6 Å². The monoisotopic (exact) mass is 431 g/mol. The van der Waals surface area contributed by atoms with Gasteiger partial charge in [0.2, 0.25) is 11.9 Å². The summed E-state index contributed by atoms with van der Waals surface area (Å²) in [5.41, 5.74) is -0.683. The van der Waals surface area contributed by atoms with E-state index in [0.29, 0.717) is 17.1 Å². The van der Waals surface area contributed by atoms with Gasteiger partial charge in [0, 0.05) is 5.56 Å². The maximum absolute atomic E-state index is 13.1. The van der Waals surface area contributed by atoms with Gasteiger partial charge in [-0.1, -0.05) is 12.1 Å². The van der Waals surface area contributed by atoms with Crippen LogP contribution in [-0.4, -0.2) is 33.7 Å². The van der Waals surface area contributed by atoms with E-state index in [9.17, 15) is 22.8 Å². The van der Waals surface area contributed by atoms with Crippen LogP contribution in [0.25, 0.3) is 11.4 Å². The summed E-state index contributed by atoms with van der Waals surface area (Å²) >= 11 is 0. The van der Waals surface area contributed by atoms with E-state index in [1.165, 1.54) is 23.9 Å². The summed E-state index contributed by atoms with van der Waals surface area (Å²) in [7, 11) is 1.54. The van der Waals surface area contributed by atoms with Crippen molar-refractivity contribution in [2.45, 2.75) is 18.6 Å². The molecule has 2 amide bonds. The van der Waals surface area contributed by atoms with Gasteiger partial charge in [-0.15, -0.1) is 5.10 Å². The zero-order valence-electron chi connectivity index (χ0n) is 16.1. The summed E-state index contributed by atoms with van der Waals surface area (Å²) in [6.07, 6.45) is -5.03. The first-order valence-electron chi connectivity index (χ1n) is 9.14. The van der Waals surface area contributed by atoms with Gasteiger partial charge in [-0.3, -0.25) is 14.9 Å². The number of alkyl halides is 3. The normalized spacial score (nSPS) is 15.4. The van der Waals surface area contributed by atoms with Gasteiger partial charge >= 0.3 is 6.18 Å². The fraction of sp³-hybridized carbons (Fsp3) is 0.200. The van der Waals surface area contributed by atoms with Crippen LogP contribution in [0.15, 0.2) is 48.5 Å². The number of hydrogen-bond donors (Lipinski definition) is 2. The zero-order chi connectivity index (χ0) is 22.2. The maximum Gasteiger partial charge on any atom is 0.418 e. The third kappa shape index (κ3) is 4.06. The van der Waals surface area contributed by atoms with E-state index >= 15 is 0 Å². The first-order valence-corrected chi connectivity index (χ1v) is 9.14. The molecule has 0 bridgehead atoms. The lowest BCUT2D eigenvalue weighted by Crippen LogP contribution is -2.24. The number of aromatic nitrogens is 3. The number of benzene rings is 2. The second-order valence-corrected chi connectivity index (χ2v) is 6.73. The van der Waals surface area contributed by atoms with Crippen molar-refractivity contribution < 1.29 is 27.5 Å². The highest BCUT2D eigenvalue weighted by Crippen LogP contribution is 2.35. The first-order chi connectivity index (χ1) is 14.8. The van der Waals surface area contributed by atoms with Crippen molar-refractivity contribution in [2.75, 3.05) is 17.7 Å². The third-order valence-corrected chi connectivity index (χ3v) is 4.70. The number of hydrogen-bond acceptors (Lipinski definition) is 5. The number of rotatable bonds is 5. The van der Waals surface area contributed by atoms with Crippen LogP contribution >= 0.6 is 0 Å². The van der Waals surface area contributed by atoms with Gasteiger partial charge in [-0.25, -0.2) is 4.68 Å². The number of amides is 2. The molecule has 4 rings (SSSR count). The number of nitrogens with one attached hydrogen (secondary N) is 2. The molecule has 160 valence electrons. The molecule has 0 radical (unpaired) electrons. The average Bonchev–Trinajstić information content (AvgIpc) is 3.26. The second kappa shape index (κ2) is 7.74. The van der Waals surface area contributed by atoms with E-state index in [1.54, 1.807) is 24.3 Å². The van der Waals surface area contributed by atoms with Gasteiger partial charge in [0.05, 0.1) is 24.8 Å². The van der Waals surface area contributed by atoms with Crippen LogP contribution in [0.4, 0.5) is 24.8 Å². The molecule has 2 heterocycles. The number of fused-ring (bicyclic) bond motifs is 1. The molecule has 1 aliphatic heterocycles. The molecule has 0 fully saturated rings. The lowest BCUT2D eigenvalue weighted by atomic mass is 10.1. The van der Waals surface area contributed by atoms with Crippen LogP contribution in [0.1, 0.15) is 18.0 Å². The highest BCUT2D eigenvalue weighted by Gasteiger charge is 2.37. The SMILES string of the molecule is COc1ccc(-c2nc3n(n2)C(CC(=O)Nc2ccccc2C(F)(F)F)C(=O)N3)cc1. The van der Waals surface area contributed by atoms with E-state index in [2.05, 4.69) is 20.7 Å². The number of carbonyl (C=O) groups is 2. The molecule has 1 aliphatic rings. The molecule has 0 aliphatic carbocycles. The topological polar surface area (TPSA) is 98.1 Å². The number of anilines is 2. The lowest BCUT2D eigenvalue weighted by molar-refractivity contribution is -0.137. The number of methoxy groups -OCH3 is 1. The van der Waals surface area contributed by atoms with Crippen molar-refractivity contribution in [1.82, 2.24) is 14.8 Å². The highest BCUT2D eigenvalue weighted by molar-refractivity contribution is 6.01. The molecule has 2 N–H and O–H groups in total. The Hall–Kier alpha value is -3.89. The summed E-state index contributed by atoms with van der Waals surface area (Å²) in [6, 6.07) is 10.5. The molecule has 1 unspecified atom stereocenters. The largest absolute Gasteiger partial charge is 0.497 e. The Balaban J connectivity index is 1.52. The van der Waals surface area contributed by atoms with Crippen molar-refractivity contribution in [3.05, 3.63) is 54.1 Å². The van der Waals surface area contributed by atoms with Crippen molar-refractivity contribution >= 4 is 23.5 Å². The van der Waals surface area contributed by atoms with Crippen molar-refractivity contribution in [3.8, 4) is 17.1 Å². The quantitative estimate of drug-likeness (QED) is 0.645. The third-order valence-electron chi connectivity index (χ3n) is 4.70. The molecule has 8 nitrogen and oxygen atoms in total. The molecule has 3 aromatic rings. The van der Waals surface area contributed by atoms with Gasteiger partial charge in [0.1, 0.15) is 11.8 Å². The Morgan fingerprint density at radius 3 is 2.58 bits per heavy atom. The van der Waals surface area contributed by atoms with E-state index in [0.717, 1.165) is 12.1 Å². The zero-order valence-corrected chi connectivity index (χ0v) is 16.1. The van der Waals surface area contributed by atoms with Gasteiger partial charge in [-0.05, 0) is 36.4 Å². The Kier molecular flexibility index (Phi) is 5.09. The van der Waals surface area contributed by atoms with Gasteiger partial charge in [0.15, 0.2) is 5.82 Å². The Bertz CT molecular complexity index is 1140. The van der Waals surface area contributed by atoms with Crippen LogP contribution in [0, 0.1) is 0 Å². The molecule has 0 spiro atoms. The van der Waals surface area contributed by atoms with Crippen LogP contribution in [0.5, 0.6) is 5.75 Å². The Labute approximate surface area is 174 Å². The number of carbonyl (C=O) groups excluding carboxylic acids is 2. The lowest BCUT2D eigenvalue weighted by Gasteiger charge is -2.14. The summed E-state index contributed by atoms with van der Waals surface area (Å²) in [5.74, 6) is -0.144. The van der Waals surface area contributed by atoms with Gasteiger partial charge < -0.3 is 10.1 Å². The van der Waals surface area contributed by atoms with E-state index < -0.39 is 36.0 Å². The molecular formula is C20H16F3N5O3. The molecule has 1 aromatic heterocycles. The summed E-state index contributed by atoms with van der Waals surface area (Å²) in [5, 5.41) is 9.05. The first kappa shape index (κ1) is 20.4. The molecule has 11 heteroatoms. The standard InChI is InChI=1S/C20H16F3N5O3/c1-31-12-8-6-11(7-9-12)17-25-19-26-18(30)15(28(19)27-17)10-16(29)24-14-5-3-2-4-13(14)20(21,22)23/h2-9,15H,10H2,1H3,(H,24,29)(H,25,26,27,30). The number of nitrogens with zero attached hydrogens (tertiary/aromatic N) is 3. The number of halogens is 3. The Morgan fingerprint density at radius 2 is 1.90 bits per heavy atom. The number of para-hydroxylation sites is 1. The molecule has 1 atom stereocenters. The predicted molar refractivity (Wildman–Crippen MR) is 104 cm³/mol. The minimum absolute atomic E-state index is 0.157. The van der Waals surface area contributed by atoms with Crippen molar-refractivity contribution in [1.29, 1.82) is 0 Å². The van der Waals surface area contributed by atoms with Gasteiger partial charge in [0.25, 0.3) is 5.91 Å². The van der Waals surface area contributed by atoms with Crippen molar-refractivity contribution in [2.24, 2.45) is 0 Å². The molecular weight excluding hydrogens is 415 g/mol. The molecule has 2 aromatic carbocycles. The highest BCUT2D eigenvalue weighted by atomic mass is 19.4.